The van der Waals surface area contributed by atoms with Gasteiger partial charge in [-0.15, -0.1) is 0 Å². The molecule has 0 spiro atoms. The Bertz CT molecular complexity index is 2030. The van der Waals surface area contributed by atoms with Crippen molar-refractivity contribution in [1.82, 2.24) is 0 Å². The Morgan fingerprint density at radius 1 is 0.234 bits per heavy atom. The molecule has 0 aromatic heterocycles. The molecule has 436 valence electrons. The first-order valence-electron chi connectivity index (χ1n) is 23.7. The standard InChI is InChI=1S/C42H58O28S7/c43-15-22(50)36-57-8(1-71)29(15)64-37-23(51)16(44)31(10(3-73)58-37)66-39-25(53)18(46)33(12(5-75)60-39)68-41-27(55)20(48)35(14(7-77)62-41)70-42-28(56)21(49)34(13(6-76)63-42)69-40-26(54)19(47)32(11(4-74)61-40)67-38-24(52)17(45)30(65-36)9(2-72)59-38/h1-6,8-56,77H,7H2/t8-,9-,10-,11-,12-,13-,14-,15-,16-,17-,18-,19-,20-,21-,22-,23-,24-,25-,26-,27-,28-,29-,30-,31-,32-,33-,34-,35-,36-,37-,38-,39-,40-,41-,42-/m1/s1. The van der Waals surface area contributed by atoms with Gasteiger partial charge in [0, 0.05) is 38.0 Å². The van der Waals surface area contributed by atoms with Gasteiger partial charge < -0.3 is 138 Å². The molecule has 0 saturated carbocycles. The van der Waals surface area contributed by atoms with Gasteiger partial charge in [0.05, 0.1) is 6.10 Å². The maximum atomic E-state index is 11.5. The number of aliphatic hydroxyl groups is 14. The van der Waals surface area contributed by atoms with E-state index in [9.17, 15) is 71.5 Å². The van der Waals surface area contributed by atoms with Crippen LogP contribution in [0.1, 0.15) is 0 Å². The van der Waals surface area contributed by atoms with Gasteiger partial charge in [-0.2, -0.15) is 12.6 Å². The zero-order valence-corrected chi connectivity index (χ0v) is 45.0. The Morgan fingerprint density at radius 2 is 0.390 bits per heavy atom. The molecule has 14 N–H and O–H groups in total. The highest BCUT2D eigenvalue weighted by atomic mass is 32.1. The van der Waals surface area contributed by atoms with Crippen LogP contribution in [0.15, 0.2) is 0 Å². The summed E-state index contributed by atoms with van der Waals surface area (Å²) in [7, 11) is 0. The van der Waals surface area contributed by atoms with Crippen molar-refractivity contribution in [2.24, 2.45) is 0 Å². The average Bonchev–Trinajstić information content (AvgIpc) is 3.45. The van der Waals surface area contributed by atoms with Gasteiger partial charge in [-0.3, -0.25) is 0 Å². The molecule has 35 heteroatoms. The van der Waals surface area contributed by atoms with Crippen LogP contribution in [0.3, 0.4) is 0 Å². The Labute approximate surface area is 474 Å². The lowest BCUT2D eigenvalue weighted by atomic mass is 9.95. The zero-order chi connectivity index (χ0) is 56.1. The van der Waals surface area contributed by atoms with Crippen molar-refractivity contribution < 1.29 is 138 Å². The van der Waals surface area contributed by atoms with Crippen LogP contribution in [0.2, 0.25) is 0 Å². The van der Waals surface area contributed by atoms with Gasteiger partial charge in [-0.25, -0.2) is 0 Å². The normalized spacial score (nSPS) is 55.0. The topological polar surface area (TPSA) is 412 Å². The van der Waals surface area contributed by atoms with E-state index in [2.05, 4.69) is 12.6 Å². The fourth-order valence-electron chi connectivity index (χ4n) is 9.87. The number of ether oxygens (including phenoxy) is 14. The fourth-order valence-corrected chi connectivity index (χ4v) is 11.5. The number of thiocarbonyl (C=S) groups is 6. The summed E-state index contributed by atoms with van der Waals surface area (Å²) in [5.41, 5.74) is 0. The minimum Gasteiger partial charge on any atom is -0.387 e. The molecule has 0 radical (unpaired) electrons. The minimum atomic E-state index is -2.07. The summed E-state index contributed by atoms with van der Waals surface area (Å²) in [6, 6.07) is 0. The molecule has 77 heavy (non-hydrogen) atoms. The van der Waals surface area contributed by atoms with Crippen LogP contribution in [0, 0.1) is 0 Å². The first-order valence-corrected chi connectivity index (χ1v) is 27.1. The SMILES string of the molecule is O[C@@H]1[C@@H](O)[C@H]2O[C@H]3[C@H](O)[C@@H](O)[C@@H](O[C@H]4[C@H](O)[C@@H](O)[C@@H](O[C@H]5[C@H](O)[C@@H](O)[C@@H](O[C@H]6[C@H](O)[C@@H](O)[C@@H](O[C@H]7[C@H](O)[C@@H](O)[C@@H](O[C@H]8[C@H](O)[C@@H](O)[C@@H](O[C@@H]1[C@@H](C=S)O2)O[C@@H]8C=S)O[C@@H]7C=S)O[C@@H]6C=S)O[C@@H]5CS)O[C@@H]4C=S)O[C@@H]3C=S. The Kier molecular flexibility index (Phi) is 21.8. The van der Waals surface area contributed by atoms with Crippen LogP contribution >= 0.6 is 85.9 Å². The van der Waals surface area contributed by atoms with Crippen LogP contribution in [0.4, 0.5) is 0 Å². The second-order valence-corrected chi connectivity index (χ2v) is 20.9. The number of thiol groups is 1. The van der Waals surface area contributed by atoms with Crippen LogP contribution in [0.5, 0.6) is 0 Å². The van der Waals surface area contributed by atoms with Crippen LogP contribution < -0.4 is 0 Å². The van der Waals surface area contributed by atoms with Crippen molar-refractivity contribution in [3.8, 4) is 0 Å². The summed E-state index contributed by atoms with van der Waals surface area (Å²) in [6.45, 7) is 0. The molecule has 21 rings (SSSR count). The first-order chi connectivity index (χ1) is 36.7. The Morgan fingerprint density at radius 3 is 0.558 bits per heavy atom. The monoisotopic (exact) mass is 1230 g/mol. The molecular formula is C42H58O28S7. The van der Waals surface area contributed by atoms with Crippen molar-refractivity contribution in [3.63, 3.8) is 0 Å². The Balaban J connectivity index is 1.08. The number of hydrogen-bond donors (Lipinski definition) is 15. The highest BCUT2D eigenvalue weighted by molar-refractivity contribution is 7.80. The highest BCUT2D eigenvalue weighted by Gasteiger charge is 2.59. The van der Waals surface area contributed by atoms with Crippen molar-refractivity contribution >= 4 is 118 Å². The minimum absolute atomic E-state index is 0.283. The molecule has 21 aliphatic heterocycles. The van der Waals surface area contributed by atoms with Gasteiger partial charge in [0.1, 0.15) is 165 Å². The third kappa shape index (κ3) is 12.5. The number of aliphatic hydroxyl groups excluding tert-OH is 14. The van der Waals surface area contributed by atoms with Crippen molar-refractivity contribution in [2.45, 2.75) is 215 Å². The quantitative estimate of drug-likeness (QED) is 0.0831. The molecule has 14 bridgehead atoms. The third-order valence-corrected chi connectivity index (χ3v) is 16.1. The first kappa shape index (κ1) is 62.8. The molecule has 21 aliphatic rings. The zero-order valence-electron chi connectivity index (χ0n) is 39.3. The van der Waals surface area contributed by atoms with E-state index in [4.69, 9.17) is 140 Å². The van der Waals surface area contributed by atoms with Gasteiger partial charge >= 0.3 is 0 Å². The lowest BCUT2D eigenvalue weighted by Gasteiger charge is -2.49. The molecule has 0 aliphatic carbocycles. The van der Waals surface area contributed by atoms with Gasteiger partial charge in [0.15, 0.2) is 44.0 Å². The molecule has 21 heterocycles. The van der Waals surface area contributed by atoms with Crippen LogP contribution in [0.25, 0.3) is 0 Å². The lowest BCUT2D eigenvalue weighted by Crippen LogP contribution is -2.68. The summed E-state index contributed by atoms with van der Waals surface area (Å²) >= 11 is 35.2. The van der Waals surface area contributed by atoms with Crippen molar-refractivity contribution in [2.75, 3.05) is 5.75 Å². The molecule has 35 atom stereocenters. The average molecular weight is 1240 g/mol. The fraction of sp³-hybridized carbons (Fsp3) is 0.857. The second kappa shape index (κ2) is 26.8. The third-order valence-electron chi connectivity index (χ3n) is 14.1. The van der Waals surface area contributed by atoms with E-state index in [0.717, 1.165) is 32.2 Å². The molecule has 0 aromatic carbocycles. The van der Waals surface area contributed by atoms with E-state index >= 15 is 0 Å². The molecule has 0 amide bonds. The maximum Gasteiger partial charge on any atom is 0.187 e. The molecule has 0 unspecified atom stereocenters. The lowest BCUT2D eigenvalue weighted by molar-refractivity contribution is -0.382. The molecule has 0 aromatic rings. The van der Waals surface area contributed by atoms with Crippen LogP contribution in [-0.4, -0.2) is 324 Å². The van der Waals surface area contributed by atoms with E-state index in [-0.39, 0.29) is 5.75 Å². The van der Waals surface area contributed by atoms with E-state index in [1.807, 2.05) is 0 Å². The van der Waals surface area contributed by atoms with E-state index in [0.29, 0.717) is 0 Å². The van der Waals surface area contributed by atoms with Crippen molar-refractivity contribution in [3.05, 3.63) is 0 Å². The molecule has 28 nitrogen and oxygen atoms in total. The molecular weight excluding hydrogens is 1180 g/mol. The smallest absolute Gasteiger partial charge is 0.187 e. The summed E-state index contributed by atoms with van der Waals surface area (Å²) < 4.78 is 82.0. The van der Waals surface area contributed by atoms with Gasteiger partial charge in [-0.1, -0.05) is 73.3 Å². The number of rotatable bonds is 7. The van der Waals surface area contributed by atoms with E-state index in [1.165, 1.54) is 0 Å². The summed E-state index contributed by atoms with van der Waals surface area (Å²) in [4.78, 5) is 0. The second-order valence-electron chi connectivity index (χ2n) is 18.9. The summed E-state index contributed by atoms with van der Waals surface area (Å²) in [5, 5.41) is 165. The van der Waals surface area contributed by atoms with Crippen LogP contribution in [-0.2, 0) is 66.3 Å². The largest absolute Gasteiger partial charge is 0.387 e. The van der Waals surface area contributed by atoms with Gasteiger partial charge in [0.2, 0.25) is 0 Å². The van der Waals surface area contributed by atoms with Gasteiger partial charge in [0.25, 0.3) is 0 Å². The summed E-state index contributed by atoms with van der Waals surface area (Å²) in [5.74, 6) is -0.283. The van der Waals surface area contributed by atoms with Crippen molar-refractivity contribution in [1.29, 1.82) is 0 Å². The van der Waals surface area contributed by atoms with E-state index in [1.54, 1.807) is 0 Å². The Hall–Kier alpha value is -0.230. The highest BCUT2D eigenvalue weighted by Crippen LogP contribution is 2.38. The maximum absolute atomic E-state index is 11.5. The molecule has 21 fully saturated rings. The predicted molar refractivity (Wildman–Crippen MR) is 275 cm³/mol. The summed E-state index contributed by atoms with van der Waals surface area (Å²) in [6.07, 6.45) is -63.8. The predicted octanol–water partition coefficient (Wildman–Crippen LogP) is -8.25. The molecule has 21 saturated heterocycles. The number of hydrogen-bond acceptors (Lipinski definition) is 35. The van der Waals surface area contributed by atoms with E-state index < -0.39 is 215 Å². The van der Waals surface area contributed by atoms with Gasteiger partial charge in [-0.05, 0) is 0 Å².